The Kier molecular flexibility index (Phi) is 3.12. The van der Waals surface area contributed by atoms with Crippen LogP contribution in [0.15, 0.2) is 12.1 Å². The van der Waals surface area contributed by atoms with E-state index in [9.17, 15) is 9.90 Å². The summed E-state index contributed by atoms with van der Waals surface area (Å²) in [4.78, 5) is 11.4. The van der Waals surface area contributed by atoms with E-state index in [0.717, 1.165) is 5.56 Å². The average molecular weight is 194 g/mol. The third-order valence-electron chi connectivity index (χ3n) is 2.13. The highest BCUT2D eigenvalue weighted by Gasteiger charge is 2.13. The van der Waals surface area contributed by atoms with Crippen molar-refractivity contribution in [2.24, 2.45) is 0 Å². The van der Waals surface area contributed by atoms with Gasteiger partial charge in [0.1, 0.15) is 5.75 Å². The molecule has 0 saturated heterocycles. The lowest BCUT2D eigenvalue weighted by Crippen LogP contribution is -2.06. The van der Waals surface area contributed by atoms with Gasteiger partial charge in [0, 0.05) is 5.56 Å². The molecule has 0 aliphatic rings. The predicted molar refractivity (Wildman–Crippen MR) is 53.5 cm³/mol. The summed E-state index contributed by atoms with van der Waals surface area (Å²) in [6, 6.07) is 3.37. The van der Waals surface area contributed by atoms with Crippen molar-refractivity contribution in [1.82, 2.24) is 0 Å². The third kappa shape index (κ3) is 1.87. The molecule has 0 spiro atoms. The molecule has 0 bridgehead atoms. The zero-order valence-electron chi connectivity index (χ0n) is 8.63. The van der Waals surface area contributed by atoms with E-state index >= 15 is 0 Å². The molecule has 1 rings (SSSR count). The third-order valence-corrected chi connectivity index (χ3v) is 2.13. The normalized spacial score (nSPS) is 9.93. The molecule has 0 radical (unpaired) electrons. The Labute approximate surface area is 83.3 Å². The van der Waals surface area contributed by atoms with Crippen LogP contribution >= 0.6 is 0 Å². The fourth-order valence-electron chi connectivity index (χ4n) is 1.27. The number of ether oxygens (including phenoxy) is 1. The summed E-state index contributed by atoms with van der Waals surface area (Å²) in [6.07, 6.45) is 0. The minimum Gasteiger partial charge on any atom is -0.507 e. The van der Waals surface area contributed by atoms with E-state index in [4.69, 9.17) is 4.74 Å². The van der Waals surface area contributed by atoms with Gasteiger partial charge in [0.2, 0.25) is 0 Å². The molecule has 76 valence electrons. The van der Waals surface area contributed by atoms with Gasteiger partial charge < -0.3 is 9.84 Å². The Morgan fingerprint density at radius 3 is 2.64 bits per heavy atom. The Bertz CT molecular complexity index is 356. The van der Waals surface area contributed by atoms with Crippen LogP contribution in [0, 0.1) is 13.8 Å². The van der Waals surface area contributed by atoms with Crippen molar-refractivity contribution in [3.8, 4) is 5.75 Å². The van der Waals surface area contributed by atoms with Gasteiger partial charge in [-0.25, -0.2) is 4.79 Å². The van der Waals surface area contributed by atoms with Crippen LogP contribution < -0.4 is 0 Å². The van der Waals surface area contributed by atoms with E-state index in [0.29, 0.717) is 17.7 Å². The first kappa shape index (κ1) is 10.6. The molecule has 0 atom stereocenters. The zero-order chi connectivity index (χ0) is 10.7. The maximum absolute atomic E-state index is 11.4. The molecule has 14 heavy (non-hydrogen) atoms. The van der Waals surface area contributed by atoms with Crippen molar-refractivity contribution in [2.75, 3.05) is 6.61 Å². The molecule has 0 aliphatic heterocycles. The van der Waals surface area contributed by atoms with Crippen LogP contribution in [-0.4, -0.2) is 17.7 Å². The van der Waals surface area contributed by atoms with Crippen molar-refractivity contribution in [2.45, 2.75) is 20.8 Å². The number of esters is 1. The molecular weight excluding hydrogens is 180 g/mol. The van der Waals surface area contributed by atoms with E-state index in [2.05, 4.69) is 0 Å². The monoisotopic (exact) mass is 194 g/mol. The first-order valence-electron chi connectivity index (χ1n) is 4.54. The van der Waals surface area contributed by atoms with Crippen LogP contribution in [-0.2, 0) is 4.74 Å². The molecule has 0 unspecified atom stereocenters. The first-order chi connectivity index (χ1) is 6.57. The predicted octanol–water partition coefficient (Wildman–Crippen LogP) is 2.19. The van der Waals surface area contributed by atoms with Crippen LogP contribution in [0.2, 0.25) is 0 Å². The van der Waals surface area contributed by atoms with Gasteiger partial charge in [0.25, 0.3) is 0 Å². The number of phenols is 1. The lowest BCUT2D eigenvalue weighted by molar-refractivity contribution is 0.0525. The van der Waals surface area contributed by atoms with Gasteiger partial charge in [-0.1, -0.05) is 6.07 Å². The molecule has 0 saturated carbocycles. The van der Waals surface area contributed by atoms with Crippen LogP contribution in [0.4, 0.5) is 0 Å². The van der Waals surface area contributed by atoms with Gasteiger partial charge >= 0.3 is 5.97 Å². The van der Waals surface area contributed by atoms with E-state index < -0.39 is 0 Å². The number of aryl methyl sites for hydroxylation is 1. The summed E-state index contributed by atoms with van der Waals surface area (Å²) in [5.74, 6) is -0.226. The van der Waals surface area contributed by atoms with Crippen molar-refractivity contribution in [3.63, 3.8) is 0 Å². The second-order valence-electron chi connectivity index (χ2n) is 3.12. The molecule has 3 heteroatoms. The minimum atomic E-state index is -0.389. The summed E-state index contributed by atoms with van der Waals surface area (Å²) in [7, 11) is 0. The Hall–Kier alpha value is -1.51. The molecule has 1 aromatic carbocycles. The van der Waals surface area contributed by atoms with E-state index in [1.807, 2.05) is 0 Å². The van der Waals surface area contributed by atoms with Crippen molar-refractivity contribution < 1.29 is 14.6 Å². The van der Waals surface area contributed by atoms with Crippen molar-refractivity contribution in [3.05, 3.63) is 28.8 Å². The number of hydrogen-bond acceptors (Lipinski definition) is 3. The maximum atomic E-state index is 11.4. The second kappa shape index (κ2) is 4.13. The minimum absolute atomic E-state index is 0.163. The molecule has 1 aromatic rings. The van der Waals surface area contributed by atoms with Gasteiger partial charge in [-0.15, -0.1) is 0 Å². The van der Waals surface area contributed by atoms with Gasteiger partial charge in [0.15, 0.2) is 0 Å². The highest BCUT2D eigenvalue weighted by molar-refractivity contribution is 5.91. The van der Waals surface area contributed by atoms with Crippen LogP contribution in [0.25, 0.3) is 0 Å². The summed E-state index contributed by atoms with van der Waals surface area (Å²) in [5.41, 5.74) is 1.76. The van der Waals surface area contributed by atoms with Gasteiger partial charge in [-0.05, 0) is 32.4 Å². The van der Waals surface area contributed by atoms with Crippen molar-refractivity contribution >= 4 is 5.97 Å². The number of carbonyl (C=O) groups is 1. The quantitative estimate of drug-likeness (QED) is 0.734. The highest BCUT2D eigenvalue weighted by Crippen LogP contribution is 2.24. The summed E-state index contributed by atoms with van der Waals surface area (Å²) in [6.45, 7) is 5.58. The van der Waals surface area contributed by atoms with E-state index in [1.54, 1.807) is 32.9 Å². The van der Waals surface area contributed by atoms with Gasteiger partial charge in [-0.3, -0.25) is 0 Å². The number of rotatable bonds is 2. The topological polar surface area (TPSA) is 46.5 Å². The Balaban J connectivity index is 3.11. The molecule has 0 aliphatic carbocycles. The summed E-state index contributed by atoms with van der Waals surface area (Å²) in [5, 5.41) is 9.60. The summed E-state index contributed by atoms with van der Waals surface area (Å²) >= 11 is 0. The van der Waals surface area contributed by atoms with Crippen molar-refractivity contribution in [1.29, 1.82) is 0 Å². The second-order valence-corrected chi connectivity index (χ2v) is 3.12. The zero-order valence-corrected chi connectivity index (χ0v) is 8.63. The molecule has 0 heterocycles. The average Bonchev–Trinajstić information content (AvgIpc) is 2.15. The first-order valence-corrected chi connectivity index (χ1v) is 4.54. The number of benzene rings is 1. The fourth-order valence-corrected chi connectivity index (χ4v) is 1.27. The van der Waals surface area contributed by atoms with Gasteiger partial charge in [0.05, 0.1) is 12.2 Å². The maximum Gasteiger partial charge on any atom is 0.338 e. The van der Waals surface area contributed by atoms with E-state index in [-0.39, 0.29) is 11.7 Å². The Morgan fingerprint density at radius 2 is 2.07 bits per heavy atom. The molecule has 3 nitrogen and oxygen atoms in total. The largest absolute Gasteiger partial charge is 0.507 e. The number of hydrogen-bond donors (Lipinski definition) is 1. The molecular formula is C11H14O3. The number of carbonyl (C=O) groups excluding carboxylic acids is 1. The SMILES string of the molecule is CCOC(=O)c1ccc(C)c(O)c1C. The molecule has 0 amide bonds. The van der Waals surface area contributed by atoms with E-state index in [1.165, 1.54) is 0 Å². The lowest BCUT2D eigenvalue weighted by atomic mass is 10.0. The number of phenolic OH excluding ortho intramolecular Hbond substituents is 1. The standard InChI is InChI=1S/C11H14O3/c1-4-14-11(13)9-6-5-7(2)10(12)8(9)3/h5-6,12H,4H2,1-3H3. The summed E-state index contributed by atoms with van der Waals surface area (Å²) < 4.78 is 4.85. The fraction of sp³-hybridized carbons (Fsp3) is 0.364. The number of aromatic hydroxyl groups is 1. The smallest absolute Gasteiger partial charge is 0.338 e. The lowest BCUT2D eigenvalue weighted by Gasteiger charge is -2.08. The Morgan fingerprint density at radius 1 is 1.43 bits per heavy atom. The highest BCUT2D eigenvalue weighted by atomic mass is 16.5. The van der Waals surface area contributed by atoms with Crippen LogP contribution in [0.1, 0.15) is 28.4 Å². The van der Waals surface area contributed by atoms with Crippen LogP contribution in [0.5, 0.6) is 5.75 Å². The molecule has 1 N–H and O–H groups in total. The van der Waals surface area contributed by atoms with Crippen LogP contribution in [0.3, 0.4) is 0 Å². The molecule has 0 fully saturated rings. The van der Waals surface area contributed by atoms with Gasteiger partial charge in [-0.2, -0.15) is 0 Å². The molecule has 0 aromatic heterocycles.